The summed E-state index contributed by atoms with van der Waals surface area (Å²) < 4.78 is 0.968. The van der Waals surface area contributed by atoms with Crippen molar-refractivity contribution in [3.8, 4) is 10.6 Å². The van der Waals surface area contributed by atoms with Crippen LogP contribution in [-0.4, -0.2) is 15.9 Å². The molecule has 0 bridgehead atoms. The molecule has 2 aromatic carbocycles. The molecule has 150 valence electrons. The number of carbonyl (C=O) groups is 1. The number of hydrogen-bond acceptors (Lipinski definition) is 5. The Labute approximate surface area is 191 Å². The largest absolute Gasteiger partial charge is 0.347 e. The van der Waals surface area contributed by atoms with Crippen LogP contribution < -0.4 is 10.6 Å². The van der Waals surface area contributed by atoms with E-state index < -0.39 is 0 Å². The standard InChI is InChI=1S/C22H16BrClN4OS/c23-15-4-2-6-17(12-15)27-22-25-10-9-18(28-22)19-7-8-20(30-19)21(29)26-13-14-3-1-5-16(24)11-14/h1-12H,13H2,(H,26,29)(H,25,27,28). The van der Waals surface area contributed by atoms with Crippen molar-refractivity contribution in [3.05, 3.63) is 92.9 Å². The van der Waals surface area contributed by atoms with E-state index in [9.17, 15) is 4.79 Å². The molecule has 4 rings (SSSR count). The van der Waals surface area contributed by atoms with Gasteiger partial charge >= 0.3 is 0 Å². The number of nitrogens with one attached hydrogen (secondary N) is 2. The summed E-state index contributed by atoms with van der Waals surface area (Å²) in [4.78, 5) is 22.9. The minimum atomic E-state index is -0.132. The number of halogens is 2. The molecule has 8 heteroatoms. The van der Waals surface area contributed by atoms with E-state index in [1.165, 1.54) is 11.3 Å². The van der Waals surface area contributed by atoms with E-state index in [0.29, 0.717) is 22.4 Å². The minimum Gasteiger partial charge on any atom is -0.347 e. The van der Waals surface area contributed by atoms with Gasteiger partial charge in [0.25, 0.3) is 5.91 Å². The lowest BCUT2D eigenvalue weighted by molar-refractivity contribution is 0.0955. The molecule has 2 heterocycles. The molecule has 30 heavy (non-hydrogen) atoms. The number of nitrogens with zero attached hydrogens (tertiary/aromatic N) is 2. The summed E-state index contributed by atoms with van der Waals surface area (Å²) in [6.07, 6.45) is 1.70. The quantitative estimate of drug-likeness (QED) is 0.327. The van der Waals surface area contributed by atoms with Gasteiger partial charge in [-0.25, -0.2) is 9.97 Å². The molecule has 0 fully saturated rings. The Kier molecular flexibility index (Phi) is 6.42. The highest BCUT2D eigenvalue weighted by Gasteiger charge is 2.12. The van der Waals surface area contributed by atoms with Crippen molar-refractivity contribution in [2.24, 2.45) is 0 Å². The van der Waals surface area contributed by atoms with Crippen LogP contribution in [-0.2, 0) is 6.54 Å². The zero-order valence-corrected chi connectivity index (χ0v) is 18.8. The summed E-state index contributed by atoms with van der Waals surface area (Å²) in [5, 5.41) is 6.76. The summed E-state index contributed by atoms with van der Waals surface area (Å²) >= 11 is 10.8. The van der Waals surface area contributed by atoms with Gasteiger partial charge in [0, 0.05) is 27.9 Å². The van der Waals surface area contributed by atoms with Crippen molar-refractivity contribution in [1.82, 2.24) is 15.3 Å². The summed E-state index contributed by atoms with van der Waals surface area (Å²) in [7, 11) is 0. The summed E-state index contributed by atoms with van der Waals surface area (Å²) in [6, 6.07) is 20.7. The summed E-state index contributed by atoms with van der Waals surface area (Å²) in [5.74, 6) is 0.360. The normalized spacial score (nSPS) is 10.6. The molecule has 0 radical (unpaired) electrons. The topological polar surface area (TPSA) is 66.9 Å². The number of thiophene rings is 1. The summed E-state index contributed by atoms with van der Waals surface area (Å²) in [5.41, 5.74) is 2.59. The third-order valence-electron chi connectivity index (χ3n) is 4.16. The molecule has 1 amide bonds. The highest BCUT2D eigenvalue weighted by molar-refractivity contribution is 9.10. The Morgan fingerprint density at radius 2 is 1.93 bits per heavy atom. The van der Waals surface area contributed by atoms with Crippen LogP contribution in [0.4, 0.5) is 11.6 Å². The van der Waals surface area contributed by atoms with Gasteiger partial charge in [-0.15, -0.1) is 11.3 Å². The van der Waals surface area contributed by atoms with Gasteiger partial charge in [-0.3, -0.25) is 4.79 Å². The molecular formula is C22H16BrClN4OS. The number of carbonyl (C=O) groups excluding carboxylic acids is 1. The maximum absolute atomic E-state index is 12.5. The van der Waals surface area contributed by atoms with Crippen LogP contribution in [0.3, 0.4) is 0 Å². The fourth-order valence-corrected chi connectivity index (χ4v) is 4.27. The minimum absolute atomic E-state index is 0.132. The molecule has 0 aliphatic carbocycles. The molecule has 2 aromatic heterocycles. The van der Waals surface area contributed by atoms with Crippen molar-refractivity contribution in [2.75, 3.05) is 5.32 Å². The zero-order chi connectivity index (χ0) is 20.9. The first kappa shape index (κ1) is 20.5. The molecule has 0 atom stereocenters. The van der Waals surface area contributed by atoms with Crippen molar-refractivity contribution in [1.29, 1.82) is 0 Å². The molecule has 0 unspecified atom stereocenters. The number of benzene rings is 2. The number of hydrogen-bond donors (Lipinski definition) is 2. The van der Waals surface area contributed by atoms with Gasteiger partial charge in [0.1, 0.15) is 0 Å². The third kappa shape index (κ3) is 5.24. The molecule has 0 aliphatic heterocycles. The number of anilines is 2. The Morgan fingerprint density at radius 1 is 1.07 bits per heavy atom. The molecule has 2 N–H and O–H groups in total. The molecule has 0 saturated heterocycles. The van der Waals surface area contributed by atoms with Gasteiger partial charge in [-0.05, 0) is 54.1 Å². The third-order valence-corrected chi connectivity index (χ3v) is 6.00. The van der Waals surface area contributed by atoms with E-state index >= 15 is 0 Å². The van der Waals surface area contributed by atoms with E-state index in [-0.39, 0.29) is 5.91 Å². The van der Waals surface area contributed by atoms with E-state index in [0.717, 1.165) is 26.3 Å². The second kappa shape index (κ2) is 9.38. The average Bonchev–Trinajstić information content (AvgIpc) is 3.23. The van der Waals surface area contributed by atoms with Crippen LogP contribution in [0.1, 0.15) is 15.2 Å². The highest BCUT2D eigenvalue weighted by atomic mass is 79.9. The first-order valence-electron chi connectivity index (χ1n) is 9.05. The lowest BCUT2D eigenvalue weighted by Crippen LogP contribution is -2.21. The zero-order valence-electron chi connectivity index (χ0n) is 15.6. The molecule has 4 aromatic rings. The lowest BCUT2D eigenvalue weighted by Gasteiger charge is -2.06. The molecule has 0 spiro atoms. The molecule has 0 aliphatic rings. The predicted octanol–water partition coefficient (Wildman–Crippen LogP) is 6.29. The van der Waals surface area contributed by atoms with E-state index in [4.69, 9.17) is 11.6 Å². The Balaban J connectivity index is 1.45. The van der Waals surface area contributed by atoms with E-state index in [2.05, 4.69) is 36.5 Å². The second-order valence-electron chi connectivity index (χ2n) is 6.38. The van der Waals surface area contributed by atoms with Gasteiger partial charge in [-0.1, -0.05) is 45.7 Å². The van der Waals surface area contributed by atoms with Gasteiger partial charge < -0.3 is 10.6 Å². The van der Waals surface area contributed by atoms with Crippen molar-refractivity contribution >= 4 is 56.4 Å². The number of aromatic nitrogens is 2. The number of rotatable bonds is 6. The van der Waals surface area contributed by atoms with E-state index in [1.54, 1.807) is 18.3 Å². The van der Waals surface area contributed by atoms with Crippen LogP contribution >= 0.6 is 38.9 Å². The first-order valence-corrected chi connectivity index (χ1v) is 11.0. The highest BCUT2D eigenvalue weighted by Crippen LogP contribution is 2.28. The van der Waals surface area contributed by atoms with Gasteiger partial charge in [0.05, 0.1) is 15.4 Å². The fourth-order valence-electron chi connectivity index (χ4n) is 2.77. The van der Waals surface area contributed by atoms with Crippen LogP contribution in [0, 0.1) is 0 Å². The summed E-state index contributed by atoms with van der Waals surface area (Å²) in [6.45, 7) is 0.417. The van der Waals surface area contributed by atoms with Crippen LogP contribution in [0.2, 0.25) is 5.02 Å². The number of amides is 1. The molecular weight excluding hydrogens is 484 g/mol. The van der Waals surface area contributed by atoms with Crippen LogP contribution in [0.5, 0.6) is 0 Å². The Bertz CT molecular complexity index is 1200. The smallest absolute Gasteiger partial charge is 0.261 e. The lowest BCUT2D eigenvalue weighted by atomic mass is 10.2. The van der Waals surface area contributed by atoms with Gasteiger partial charge in [-0.2, -0.15) is 0 Å². The van der Waals surface area contributed by atoms with Gasteiger partial charge in [0.15, 0.2) is 0 Å². The van der Waals surface area contributed by atoms with Gasteiger partial charge in [0.2, 0.25) is 5.95 Å². The second-order valence-corrected chi connectivity index (χ2v) is 8.81. The predicted molar refractivity (Wildman–Crippen MR) is 125 cm³/mol. The maximum Gasteiger partial charge on any atom is 0.261 e. The van der Waals surface area contributed by atoms with Crippen LogP contribution in [0.15, 0.2) is 77.4 Å². The van der Waals surface area contributed by atoms with Crippen molar-refractivity contribution in [2.45, 2.75) is 6.54 Å². The fraction of sp³-hybridized carbons (Fsp3) is 0.0455. The Hall–Kier alpha value is -2.74. The van der Waals surface area contributed by atoms with Crippen molar-refractivity contribution in [3.63, 3.8) is 0 Å². The average molecular weight is 500 g/mol. The maximum atomic E-state index is 12.5. The van der Waals surface area contributed by atoms with Crippen molar-refractivity contribution < 1.29 is 4.79 Å². The van der Waals surface area contributed by atoms with Crippen LogP contribution in [0.25, 0.3) is 10.6 Å². The SMILES string of the molecule is O=C(NCc1cccc(Cl)c1)c1ccc(-c2ccnc(Nc3cccc(Br)c3)n2)s1. The Morgan fingerprint density at radius 3 is 2.77 bits per heavy atom. The van der Waals surface area contributed by atoms with E-state index in [1.807, 2.05) is 54.6 Å². The monoisotopic (exact) mass is 498 g/mol. The molecule has 5 nitrogen and oxygen atoms in total. The first-order chi connectivity index (χ1) is 14.6. The molecule has 0 saturated carbocycles.